The Balaban J connectivity index is 0.000000545. The van der Waals surface area contributed by atoms with Gasteiger partial charge in [-0.05, 0) is 17.8 Å². The van der Waals surface area contributed by atoms with Crippen LogP contribution < -0.4 is 0 Å². The molecule has 0 spiro atoms. The number of para-hydroxylation sites is 1. The molecule has 0 aromatic heterocycles. The molecule has 2 nitrogen and oxygen atoms in total. The van der Waals surface area contributed by atoms with Gasteiger partial charge >= 0.3 is 39.3 Å². The summed E-state index contributed by atoms with van der Waals surface area (Å²) in [7, 11) is 1.25. The first-order chi connectivity index (χ1) is 10.8. The van der Waals surface area contributed by atoms with E-state index in [0.717, 1.165) is 18.7 Å². The van der Waals surface area contributed by atoms with Gasteiger partial charge in [-0.2, -0.15) is 0 Å². The molecule has 1 unspecified atom stereocenters. The molecule has 2 aromatic carbocycles. The number of rotatable bonds is 3. The third-order valence-corrected chi connectivity index (χ3v) is 3.40. The van der Waals surface area contributed by atoms with E-state index >= 15 is 0 Å². The van der Waals surface area contributed by atoms with Crippen molar-refractivity contribution in [2.75, 3.05) is 6.54 Å². The monoisotopic (exact) mass is 465 g/mol. The van der Waals surface area contributed by atoms with E-state index in [2.05, 4.69) is 81.2 Å². The van der Waals surface area contributed by atoms with Crippen LogP contribution in [0.3, 0.4) is 0 Å². The fourth-order valence-electron chi connectivity index (χ4n) is 2.38. The Hall–Kier alpha value is -0.476. The van der Waals surface area contributed by atoms with Crippen LogP contribution in [0, 0.1) is 0 Å². The SMILES string of the molecule is C(=Nc1ccccc1-c1ccccc1)C1CCC[N-]1.[Br][Ni+][Br]. The molecule has 2 aromatic rings. The van der Waals surface area contributed by atoms with Crippen molar-refractivity contribution >= 4 is 40.4 Å². The average molecular weight is 468 g/mol. The predicted octanol–water partition coefficient (Wildman–Crippen LogP) is 6.28. The number of benzene rings is 2. The van der Waals surface area contributed by atoms with Gasteiger partial charge in [0.05, 0.1) is 5.69 Å². The van der Waals surface area contributed by atoms with Gasteiger partial charge in [-0.25, -0.2) is 0 Å². The van der Waals surface area contributed by atoms with Crippen molar-refractivity contribution in [3.8, 4) is 11.1 Å². The maximum absolute atomic E-state index is 4.65. The van der Waals surface area contributed by atoms with Crippen LogP contribution >= 0.6 is 28.5 Å². The van der Waals surface area contributed by atoms with Gasteiger partial charge in [-0.15, -0.1) is 6.54 Å². The molecular weight excluding hydrogens is 451 g/mol. The fraction of sp³-hybridized carbons (Fsp3) is 0.235. The second-order valence-electron chi connectivity index (χ2n) is 4.82. The van der Waals surface area contributed by atoms with Crippen molar-refractivity contribution in [1.29, 1.82) is 0 Å². The van der Waals surface area contributed by atoms with E-state index in [1.807, 2.05) is 18.3 Å². The van der Waals surface area contributed by atoms with E-state index in [-0.39, 0.29) is 0 Å². The molecular formula is C17H17Br2N2Ni. The van der Waals surface area contributed by atoms with Crippen LogP contribution in [0.2, 0.25) is 0 Å². The minimum absolute atomic E-state index is 0.309. The average Bonchev–Trinajstić information content (AvgIpc) is 3.08. The van der Waals surface area contributed by atoms with Gasteiger partial charge in [-0.3, -0.25) is 4.99 Å². The van der Waals surface area contributed by atoms with Gasteiger partial charge in [-0.1, -0.05) is 67.4 Å². The number of aliphatic imine (C=N–C) groups is 1. The molecule has 0 saturated carbocycles. The van der Waals surface area contributed by atoms with Crippen LogP contribution in [-0.4, -0.2) is 18.8 Å². The number of halogens is 2. The zero-order chi connectivity index (χ0) is 15.6. The number of hydrogen-bond donors (Lipinski definition) is 0. The first-order valence-corrected chi connectivity index (χ1v) is 11.9. The quantitative estimate of drug-likeness (QED) is 0.375. The normalized spacial score (nSPS) is 17.5. The zero-order valence-corrected chi connectivity index (χ0v) is 16.1. The van der Waals surface area contributed by atoms with Crippen molar-refractivity contribution in [3.05, 3.63) is 59.9 Å². The summed E-state index contributed by atoms with van der Waals surface area (Å²) in [6, 6.07) is 19.0. The van der Waals surface area contributed by atoms with E-state index in [9.17, 15) is 0 Å². The van der Waals surface area contributed by atoms with E-state index in [1.165, 1.54) is 28.4 Å². The Kier molecular flexibility index (Phi) is 8.39. The molecule has 119 valence electrons. The van der Waals surface area contributed by atoms with Crippen LogP contribution in [0.1, 0.15) is 12.8 Å². The van der Waals surface area contributed by atoms with Crippen LogP contribution in [0.15, 0.2) is 59.6 Å². The Bertz CT molecular complexity index is 584. The fourth-order valence-corrected chi connectivity index (χ4v) is 2.38. The molecule has 0 aliphatic carbocycles. The minimum atomic E-state index is 0.309. The molecule has 0 radical (unpaired) electrons. The van der Waals surface area contributed by atoms with Crippen molar-refractivity contribution in [2.45, 2.75) is 18.9 Å². The number of nitrogens with zero attached hydrogens (tertiary/aromatic N) is 2. The first-order valence-electron chi connectivity index (χ1n) is 7.02. The molecule has 1 aliphatic rings. The summed E-state index contributed by atoms with van der Waals surface area (Å²) in [5, 5.41) is 4.50. The zero-order valence-electron chi connectivity index (χ0n) is 11.9. The summed E-state index contributed by atoms with van der Waals surface area (Å²) >= 11 is 6.00. The Morgan fingerprint density at radius 1 is 1.05 bits per heavy atom. The van der Waals surface area contributed by atoms with Gasteiger partial charge < -0.3 is 5.32 Å². The van der Waals surface area contributed by atoms with Crippen LogP contribution in [-0.2, 0) is 10.9 Å². The van der Waals surface area contributed by atoms with Crippen molar-refractivity contribution in [2.24, 2.45) is 4.99 Å². The van der Waals surface area contributed by atoms with Gasteiger partial charge in [0.25, 0.3) is 0 Å². The Morgan fingerprint density at radius 2 is 1.73 bits per heavy atom. The van der Waals surface area contributed by atoms with Crippen molar-refractivity contribution in [1.82, 2.24) is 0 Å². The molecule has 0 bridgehead atoms. The summed E-state index contributed by atoms with van der Waals surface area (Å²) < 4.78 is 0. The summed E-state index contributed by atoms with van der Waals surface area (Å²) in [6.45, 7) is 0.983. The molecule has 22 heavy (non-hydrogen) atoms. The molecule has 1 aliphatic heterocycles. The standard InChI is InChI=1S/C17H17N2.2BrH.Ni/c1-2-7-14(8-3-1)16-10-4-5-11-17(16)19-13-15-9-6-12-18-15;;;/h1-5,7-8,10-11,13,15H,6,9,12H2;2*1H;/q-1;;;+3/p-2. The summed E-state index contributed by atoms with van der Waals surface area (Å²) in [5.74, 6) is 0. The molecule has 0 N–H and O–H groups in total. The first kappa shape index (κ1) is 17.9. The van der Waals surface area contributed by atoms with Gasteiger partial charge in [0.1, 0.15) is 0 Å². The second-order valence-corrected chi connectivity index (χ2v) is 9.81. The summed E-state index contributed by atoms with van der Waals surface area (Å²) in [4.78, 5) is 4.65. The molecule has 0 amide bonds. The third kappa shape index (κ3) is 5.62. The summed E-state index contributed by atoms with van der Waals surface area (Å²) in [6.07, 6.45) is 4.32. The molecule has 1 atom stereocenters. The van der Waals surface area contributed by atoms with Gasteiger partial charge in [0, 0.05) is 5.56 Å². The van der Waals surface area contributed by atoms with E-state index < -0.39 is 0 Å². The van der Waals surface area contributed by atoms with Crippen LogP contribution in [0.5, 0.6) is 0 Å². The van der Waals surface area contributed by atoms with Crippen LogP contribution in [0.25, 0.3) is 16.4 Å². The van der Waals surface area contributed by atoms with E-state index in [1.54, 1.807) is 0 Å². The van der Waals surface area contributed by atoms with Crippen LogP contribution in [0.4, 0.5) is 5.69 Å². The van der Waals surface area contributed by atoms with E-state index in [4.69, 9.17) is 0 Å². The third-order valence-electron chi connectivity index (χ3n) is 3.40. The molecule has 1 fully saturated rings. The van der Waals surface area contributed by atoms with Crippen molar-refractivity contribution in [3.63, 3.8) is 0 Å². The van der Waals surface area contributed by atoms with Crippen molar-refractivity contribution < 1.29 is 10.9 Å². The maximum atomic E-state index is 4.65. The molecule has 1 saturated heterocycles. The second kappa shape index (κ2) is 10.3. The molecule has 3 rings (SSSR count). The predicted molar refractivity (Wildman–Crippen MR) is 99.1 cm³/mol. The molecule has 5 heteroatoms. The molecule has 1 heterocycles. The number of hydrogen-bond acceptors (Lipinski definition) is 1. The Morgan fingerprint density at radius 3 is 2.41 bits per heavy atom. The van der Waals surface area contributed by atoms with Gasteiger partial charge in [0.15, 0.2) is 0 Å². The summed E-state index contributed by atoms with van der Waals surface area (Å²) in [5.41, 5.74) is 3.41. The topological polar surface area (TPSA) is 26.5 Å². The van der Waals surface area contributed by atoms with Gasteiger partial charge in [0.2, 0.25) is 0 Å². The Labute approximate surface area is 152 Å². The van der Waals surface area contributed by atoms with E-state index in [0.29, 0.717) is 6.04 Å².